The van der Waals surface area contributed by atoms with Crippen LogP contribution in [0.5, 0.6) is 11.5 Å². The number of aliphatic hydroxyl groups excluding tert-OH is 3. The summed E-state index contributed by atoms with van der Waals surface area (Å²) in [6.45, 7) is 14.4. The first-order chi connectivity index (χ1) is 34.9. The minimum Gasteiger partial charge on any atom is -0.496 e. The zero-order valence-corrected chi connectivity index (χ0v) is 45.0. The monoisotopic (exact) mass is 1040 g/mol. The Kier molecular flexibility index (Phi) is 18.4. The van der Waals surface area contributed by atoms with Crippen molar-refractivity contribution in [3.05, 3.63) is 152 Å². The van der Waals surface area contributed by atoms with Gasteiger partial charge in [-0.2, -0.15) is 0 Å². The van der Waals surface area contributed by atoms with Gasteiger partial charge in [-0.1, -0.05) is 67.6 Å². The standard InChI is InChI=1S/C30H34O6S.C27H30O6S.CH4O/c1-17-11-12-22(29-30(36-21(5)32)28(35-20(4)31)18(2)19(3)34-29)15-23(17)16-24-13-14-27(37-24)25-9-7-8-10-26(25)33-6;1-15-9-10-16(22(28)24-23(29)25-26(31-24)33-27(2,3)32-25)13-17(15)14-18-11-12-21(34-18)19-7-5-6-8-20(19)30-4;1-2/h7-15,18-19,28-30H,16H2,1-6H3;5-13,22-26,28-29H,14H2,1-4H3;2H,1H3/t18-,19-,28+,29?,30-;22?,23-,24+,25+,26+;/m11./s1. The molecule has 3 aliphatic rings. The maximum absolute atomic E-state index is 12.0. The van der Waals surface area contributed by atoms with Gasteiger partial charge < -0.3 is 53.2 Å². The number of hydrogen-bond acceptors (Lipinski definition) is 15. The molecule has 0 radical (unpaired) electrons. The average molecular weight is 1040 g/mol. The highest BCUT2D eigenvalue weighted by Gasteiger charge is 2.56. The van der Waals surface area contributed by atoms with Crippen molar-refractivity contribution in [1.82, 2.24) is 0 Å². The van der Waals surface area contributed by atoms with Gasteiger partial charge in [0.1, 0.15) is 48.1 Å². The second-order valence-electron chi connectivity index (χ2n) is 18.9. The highest BCUT2D eigenvalue weighted by Crippen LogP contribution is 2.43. The second kappa shape index (κ2) is 24.3. The average Bonchev–Trinajstić information content (AvgIpc) is 4.17. The van der Waals surface area contributed by atoms with Crippen molar-refractivity contribution < 1.29 is 62.8 Å². The molecule has 390 valence electrons. The fourth-order valence-electron chi connectivity index (χ4n) is 9.52. The highest BCUT2D eigenvalue weighted by molar-refractivity contribution is 7.15. The molecule has 9 rings (SSSR count). The Bertz CT molecular complexity index is 2820. The first-order valence-corrected chi connectivity index (χ1v) is 26.0. The zero-order valence-electron chi connectivity index (χ0n) is 43.3. The number of benzene rings is 4. The minimum atomic E-state index is -0.997. The van der Waals surface area contributed by atoms with Gasteiger partial charge in [-0.05, 0) is 117 Å². The van der Waals surface area contributed by atoms with Crippen LogP contribution < -0.4 is 9.47 Å². The lowest BCUT2D eigenvalue weighted by atomic mass is 9.85. The number of para-hydroxylation sites is 2. The smallest absolute Gasteiger partial charge is 0.303 e. The minimum absolute atomic E-state index is 0.131. The second-order valence-corrected chi connectivity index (χ2v) is 21.3. The van der Waals surface area contributed by atoms with E-state index in [-0.39, 0.29) is 12.0 Å². The molecule has 0 amide bonds. The largest absolute Gasteiger partial charge is 0.496 e. The Morgan fingerprint density at radius 1 is 0.685 bits per heavy atom. The predicted molar refractivity (Wildman–Crippen MR) is 282 cm³/mol. The SMILES string of the molecule is CO.COc1ccccc1-c1ccc(Cc2cc(C(O)[C@@H]3O[C@H]4OC(C)(C)O[C@H]4[C@@H]3O)ccc2C)s1.COc1ccccc1-c1ccc(Cc2cc(C3O[C@H](C)[C@@H](C)[C@H](OC(C)=O)[C@H]3OC(C)=O)ccc2C)s1. The molecule has 0 aliphatic carbocycles. The van der Waals surface area contributed by atoms with Crippen LogP contribution in [0.4, 0.5) is 0 Å². The zero-order chi connectivity index (χ0) is 52.7. The lowest BCUT2D eigenvalue weighted by Crippen LogP contribution is -2.52. The summed E-state index contributed by atoms with van der Waals surface area (Å²) in [6.07, 6.45) is -4.67. The lowest BCUT2D eigenvalue weighted by Gasteiger charge is -2.43. The molecule has 2 aromatic heterocycles. The molecule has 5 heterocycles. The molecule has 13 nitrogen and oxygen atoms in total. The maximum atomic E-state index is 12.0. The number of esters is 2. The van der Waals surface area contributed by atoms with Crippen LogP contribution in [0.1, 0.15) is 96.9 Å². The Balaban J connectivity index is 0.000000207. The fraction of sp³-hybridized carbons (Fsp3) is 0.414. The van der Waals surface area contributed by atoms with Gasteiger partial charge in [-0.3, -0.25) is 9.59 Å². The number of hydrogen-bond donors (Lipinski definition) is 3. The lowest BCUT2D eigenvalue weighted by molar-refractivity contribution is -0.226. The molecule has 2 unspecified atom stereocenters. The third-order valence-electron chi connectivity index (χ3n) is 13.4. The van der Waals surface area contributed by atoms with E-state index in [0.29, 0.717) is 5.56 Å². The Morgan fingerprint density at radius 2 is 1.21 bits per heavy atom. The summed E-state index contributed by atoms with van der Waals surface area (Å²) in [6, 6.07) is 36.6. The van der Waals surface area contributed by atoms with E-state index in [2.05, 4.69) is 62.4 Å². The summed E-state index contributed by atoms with van der Waals surface area (Å²) in [7, 11) is 4.37. The number of thiophene rings is 2. The number of carbonyl (C=O) groups excluding carboxylic acids is 2. The van der Waals surface area contributed by atoms with Gasteiger partial charge in [-0.15, -0.1) is 22.7 Å². The number of rotatable bonds is 13. The quantitative estimate of drug-likeness (QED) is 0.0936. The Morgan fingerprint density at radius 3 is 1.74 bits per heavy atom. The molecule has 3 aliphatic heterocycles. The van der Waals surface area contributed by atoms with E-state index in [1.165, 1.54) is 23.6 Å². The number of aryl methyl sites for hydroxylation is 2. The van der Waals surface area contributed by atoms with Crippen LogP contribution in [0.25, 0.3) is 20.9 Å². The van der Waals surface area contributed by atoms with Crippen molar-refractivity contribution >= 4 is 34.6 Å². The highest BCUT2D eigenvalue weighted by atomic mass is 32.1. The summed E-state index contributed by atoms with van der Waals surface area (Å²) in [5.41, 5.74) is 8.32. The summed E-state index contributed by atoms with van der Waals surface area (Å²) < 4.78 is 46.1. The molecule has 4 aromatic carbocycles. The van der Waals surface area contributed by atoms with Crippen molar-refractivity contribution in [3.63, 3.8) is 0 Å². The van der Waals surface area contributed by atoms with Crippen LogP contribution in [-0.2, 0) is 50.9 Å². The first-order valence-electron chi connectivity index (χ1n) is 24.4. The molecule has 10 atom stereocenters. The maximum Gasteiger partial charge on any atom is 0.303 e. The number of aliphatic hydroxyl groups is 3. The van der Waals surface area contributed by atoms with Crippen LogP contribution in [0.2, 0.25) is 0 Å². The molecule has 6 aromatic rings. The van der Waals surface area contributed by atoms with Gasteiger partial charge in [-0.25, -0.2) is 0 Å². The van der Waals surface area contributed by atoms with Gasteiger partial charge in [0, 0.05) is 70.4 Å². The molecule has 3 N–H and O–H groups in total. The van der Waals surface area contributed by atoms with Crippen molar-refractivity contribution in [2.75, 3.05) is 21.3 Å². The molecule has 0 spiro atoms. The normalized spacial score (nSPS) is 24.2. The van der Waals surface area contributed by atoms with Gasteiger partial charge >= 0.3 is 11.9 Å². The van der Waals surface area contributed by atoms with Crippen LogP contribution in [0.3, 0.4) is 0 Å². The van der Waals surface area contributed by atoms with E-state index in [1.54, 1.807) is 50.7 Å². The van der Waals surface area contributed by atoms with Gasteiger partial charge in [0.2, 0.25) is 0 Å². The molecular formula is C58H68O13S2. The Labute approximate surface area is 436 Å². The van der Waals surface area contributed by atoms with Gasteiger partial charge in [0.25, 0.3) is 0 Å². The molecule has 0 bridgehead atoms. The molecule has 3 fully saturated rings. The molecule has 3 saturated heterocycles. The van der Waals surface area contributed by atoms with E-state index in [1.807, 2.05) is 74.5 Å². The van der Waals surface area contributed by atoms with Crippen LogP contribution in [0, 0.1) is 19.8 Å². The van der Waals surface area contributed by atoms with E-state index in [0.717, 1.165) is 80.1 Å². The topological polar surface area (TPSA) is 169 Å². The van der Waals surface area contributed by atoms with Crippen LogP contribution in [0.15, 0.2) is 109 Å². The third-order valence-corrected chi connectivity index (χ3v) is 15.7. The number of carbonyl (C=O) groups is 2. The number of ether oxygens (including phenoxy) is 8. The van der Waals surface area contributed by atoms with Crippen molar-refractivity contribution in [2.45, 2.75) is 129 Å². The van der Waals surface area contributed by atoms with E-state index in [4.69, 9.17) is 43.0 Å². The summed E-state index contributed by atoms with van der Waals surface area (Å²) >= 11 is 3.47. The molecule has 0 saturated carbocycles. The number of fused-ring (bicyclic) bond motifs is 1. The van der Waals surface area contributed by atoms with E-state index >= 15 is 0 Å². The van der Waals surface area contributed by atoms with Crippen molar-refractivity contribution in [2.24, 2.45) is 5.92 Å². The molecular weight excluding hydrogens is 969 g/mol. The van der Waals surface area contributed by atoms with E-state index in [9.17, 15) is 19.8 Å². The summed E-state index contributed by atoms with van der Waals surface area (Å²) in [4.78, 5) is 28.6. The predicted octanol–water partition coefficient (Wildman–Crippen LogP) is 10.5. The fourth-order valence-corrected chi connectivity index (χ4v) is 11.6. The Hall–Kier alpha value is -5.46. The first kappa shape index (κ1) is 55.3. The molecule has 73 heavy (non-hydrogen) atoms. The summed E-state index contributed by atoms with van der Waals surface area (Å²) in [5, 5.41) is 28.8. The third kappa shape index (κ3) is 12.9. The van der Waals surface area contributed by atoms with E-state index < -0.39 is 66.7 Å². The van der Waals surface area contributed by atoms with Gasteiger partial charge in [0.05, 0.1) is 20.3 Å². The molecule has 15 heteroatoms. The summed E-state index contributed by atoms with van der Waals surface area (Å²) in [5.74, 6) is -0.0811. The van der Waals surface area contributed by atoms with Gasteiger partial charge in [0.15, 0.2) is 18.2 Å². The van der Waals surface area contributed by atoms with Crippen molar-refractivity contribution in [3.8, 4) is 32.4 Å². The number of methoxy groups -OCH3 is 2. The van der Waals surface area contributed by atoms with Crippen LogP contribution >= 0.6 is 22.7 Å². The van der Waals surface area contributed by atoms with Crippen LogP contribution in [-0.4, -0.2) is 97.3 Å². The van der Waals surface area contributed by atoms with Crippen molar-refractivity contribution in [1.29, 1.82) is 0 Å².